The lowest BCUT2D eigenvalue weighted by molar-refractivity contribution is 0.103. The predicted molar refractivity (Wildman–Crippen MR) is 71.6 cm³/mol. The van der Waals surface area contributed by atoms with Crippen LogP contribution in [0.2, 0.25) is 0 Å². The molecule has 2 rings (SSSR count). The molecule has 0 aliphatic heterocycles. The van der Waals surface area contributed by atoms with E-state index in [1.165, 1.54) is 12.1 Å². The van der Waals surface area contributed by atoms with E-state index in [0.717, 1.165) is 16.6 Å². The van der Waals surface area contributed by atoms with E-state index in [1.54, 1.807) is 12.1 Å². The molecule has 0 aliphatic carbocycles. The number of halogens is 4. The molecule has 0 bridgehead atoms. The lowest BCUT2D eigenvalue weighted by atomic mass is 10.0. The molecule has 0 aromatic heterocycles. The van der Waals surface area contributed by atoms with Crippen molar-refractivity contribution in [3.05, 3.63) is 68.1 Å². The first-order valence-corrected chi connectivity index (χ1v) is 6.53. The summed E-state index contributed by atoms with van der Waals surface area (Å²) >= 11 is 6.44. The Balaban J connectivity index is 2.55. The van der Waals surface area contributed by atoms with Gasteiger partial charge in [0.25, 0.3) is 0 Å². The first-order chi connectivity index (χ1) is 8.50. The second kappa shape index (κ2) is 5.28. The standard InChI is InChI=1S/C13H6Br2F2O/c14-7-4-5-8(9(15)6-7)13(18)12-10(16)2-1-3-11(12)17/h1-6H. The van der Waals surface area contributed by atoms with Crippen LogP contribution in [0.15, 0.2) is 45.3 Å². The number of ketones is 1. The van der Waals surface area contributed by atoms with Crippen molar-refractivity contribution in [1.82, 2.24) is 0 Å². The molecular formula is C13H6Br2F2O. The number of rotatable bonds is 2. The quantitative estimate of drug-likeness (QED) is 0.694. The summed E-state index contributed by atoms with van der Waals surface area (Å²) in [5.41, 5.74) is -0.331. The van der Waals surface area contributed by atoms with E-state index in [0.29, 0.717) is 4.47 Å². The summed E-state index contributed by atoms with van der Waals surface area (Å²) in [6, 6.07) is 8.12. The normalized spacial score (nSPS) is 10.4. The monoisotopic (exact) mass is 374 g/mol. The van der Waals surface area contributed by atoms with Crippen molar-refractivity contribution in [3.63, 3.8) is 0 Å². The van der Waals surface area contributed by atoms with Crippen LogP contribution in [-0.4, -0.2) is 5.78 Å². The van der Waals surface area contributed by atoms with Crippen molar-refractivity contribution in [2.75, 3.05) is 0 Å². The Morgan fingerprint density at radius 2 is 1.61 bits per heavy atom. The molecule has 5 heteroatoms. The molecule has 0 radical (unpaired) electrons. The van der Waals surface area contributed by atoms with Gasteiger partial charge < -0.3 is 0 Å². The Morgan fingerprint density at radius 3 is 2.17 bits per heavy atom. The Kier molecular flexibility index (Phi) is 3.92. The van der Waals surface area contributed by atoms with Crippen LogP contribution in [0.1, 0.15) is 15.9 Å². The van der Waals surface area contributed by atoms with Gasteiger partial charge in [-0.2, -0.15) is 0 Å². The van der Waals surface area contributed by atoms with Gasteiger partial charge in [0.2, 0.25) is 0 Å². The molecule has 18 heavy (non-hydrogen) atoms. The maximum Gasteiger partial charge on any atom is 0.200 e. The largest absolute Gasteiger partial charge is 0.288 e. The molecule has 1 nitrogen and oxygen atoms in total. The zero-order chi connectivity index (χ0) is 13.3. The Hall–Kier alpha value is -1.07. The lowest BCUT2D eigenvalue weighted by Crippen LogP contribution is -2.08. The van der Waals surface area contributed by atoms with Crippen molar-refractivity contribution in [2.45, 2.75) is 0 Å². The maximum atomic E-state index is 13.5. The zero-order valence-electron chi connectivity index (χ0n) is 8.88. The van der Waals surface area contributed by atoms with Gasteiger partial charge in [0.15, 0.2) is 5.78 Å². The van der Waals surface area contributed by atoms with Crippen molar-refractivity contribution in [3.8, 4) is 0 Å². The molecule has 2 aromatic rings. The van der Waals surface area contributed by atoms with Crippen molar-refractivity contribution in [2.24, 2.45) is 0 Å². The van der Waals surface area contributed by atoms with Crippen LogP contribution in [-0.2, 0) is 0 Å². The first-order valence-electron chi connectivity index (χ1n) is 4.94. The van der Waals surface area contributed by atoms with Gasteiger partial charge in [-0.05, 0) is 46.3 Å². The van der Waals surface area contributed by atoms with Gasteiger partial charge in [0.05, 0.1) is 5.56 Å². The minimum Gasteiger partial charge on any atom is -0.288 e. The number of carbonyl (C=O) groups excluding carboxylic acids is 1. The molecule has 0 saturated carbocycles. The number of hydrogen-bond acceptors (Lipinski definition) is 1. The molecule has 0 unspecified atom stereocenters. The molecule has 0 heterocycles. The van der Waals surface area contributed by atoms with Crippen LogP contribution in [0.25, 0.3) is 0 Å². The Labute approximate surface area is 119 Å². The molecule has 0 spiro atoms. The highest BCUT2D eigenvalue weighted by molar-refractivity contribution is 9.11. The van der Waals surface area contributed by atoms with Crippen molar-refractivity contribution >= 4 is 37.6 Å². The number of benzene rings is 2. The Bertz CT molecular complexity index is 606. The van der Waals surface area contributed by atoms with Crippen LogP contribution in [0.4, 0.5) is 8.78 Å². The van der Waals surface area contributed by atoms with Gasteiger partial charge in [-0.3, -0.25) is 4.79 Å². The highest BCUT2D eigenvalue weighted by Crippen LogP contribution is 2.26. The van der Waals surface area contributed by atoms with E-state index in [4.69, 9.17) is 0 Å². The summed E-state index contributed by atoms with van der Waals surface area (Å²) in [6.45, 7) is 0. The molecule has 0 atom stereocenters. The van der Waals surface area contributed by atoms with Crippen LogP contribution in [0.5, 0.6) is 0 Å². The third-order valence-corrected chi connectivity index (χ3v) is 3.51. The molecular weight excluding hydrogens is 370 g/mol. The van der Waals surface area contributed by atoms with Gasteiger partial charge >= 0.3 is 0 Å². The summed E-state index contributed by atoms with van der Waals surface area (Å²) in [5, 5.41) is 0. The average Bonchev–Trinajstić information content (AvgIpc) is 2.28. The maximum absolute atomic E-state index is 13.5. The fourth-order valence-electron chi connectivity index (χ4n) is 1.52. The fraction of sp³-hybridized carbons (Fsp3) is 0. The van der Waals surface area contributed by atoms with Crippen molar-refractivity contribution in [1.29, 1.82) is 0 Å². The highest BCUT2D eigenvalue weighted by atomic mass is 79.9. The first kappa shape index (κ1) is 13.4. The second-order valence-corrected chi connectivity index (χ2v) is 5.32. The molecule has 2 aromatic carbocycles. The van der Waals surface area contributed by atoms with Crippen LogP contribution >= 0.6 is 31.9 Å². The smallest absolute Gasteiger partial charge is 0.200 e. The predicted octanol–water partition coefficient (Wildman–Crippen LogP) is 4.72. The van der Waals surface area contributed by atoms with E-state index in [1.807, 2.05) is 0 Å². The third-order valence-electron chi connectivity index (χ3n) is 2.37. The van der Waals surface area contributed by atoms with E-state index in [-0.39, 0.29) is 5.56 Å². The number of carbonyl (C=O) groups is 1. The number of hydrogen-bond donors (Lipinski definition) is 0. The Morgan fingerprint density at radius 1 is 1.00 bits per heavy atom. The minimum atomic E-state index is -0.866. The molecule has 0 fully saturated rings. The molecule has 0 aliphatic rings. The van der Waals surface area contributed by atoms with Gasteiger partial charge in [0, 0.05) is 14.5 Å². The van der Waals surface area contributed by atoms with Crippen LogP contribution in [0.3, 0.4) is 0 Å². The molecule has 92 valence electrons. The van der Waals surface area contributed by atoms with E-state index in [9.17, 15) is 13.6 Å². The fourth-order valence-corrected chi connectivity index (χ4v) is 2.75. The molecule has 0 saturated heterocycles. The van der Waals surface area contributed by atoms with Gasteiger partial charge in [0.1, 0.15) is 11.6 Å². The second-order valence-electron chi connectivity index (χ2n) is 3.55. The van der Waals surface area contributed by atoms with Crippen LogP contribution < -0.4 is 0 Å². The summed E-state index contributed by atoms with van der Waals surface area (Å²) in [7, 11) is 0. The SMILES string of the molecule is O=C(c1ccc(Br)cc1Br)c1c(F)cccc1F. The summed E-state index contributed by atoms with van der Waals surface area (Å²) in [6.07, 6.45) is 0. The topological polar surface area (TPSA) is 17.1 Å². The highest BCUT2D eigenvalue weighted by Gasteiger charge is 2.20. The van der Waals surface area contributed by atoms with Gasteiger partial charge in [-0.25, -0.2) is 8.78 Å². The van der Waals surface area contributed by atoms with E-state index < -0.39 is 23.0 Å². The van der Waals surface area contributed by atoms with E-state index >= 15 is 0 Å². The van der Waals surface area contributed by atoms with Gasteiger partial charge in [-0.1, -0.05) is 22.0 Å². The zero-order valence-corrected chi connectivity index (χ0v) is 12.1. The summed E-state index contributed by atoms with van der Waals surface area (Å²) in [4.78, 5) is 12.1. The summed E-state index contributed by atoms with van der Waals surface area (Å²) in [5.74, 6) is -2.42. The van der Waals surface area contributed by atoms with E-state index in [2.05, 4.69) is 31.9 Å². The molecule has 0 N–H and O–H groups in total. The van der Waals surface area contributed by atoms with Gasteiger partial charge in [-0.15, -0.1) is 0 Å². The van der Waals surface area contributed by atoms with Crippen LogP contribution in [0, 0.1) is 11.6 Å². The minimum absolute atomic E-state index is 0.210. The molecule has 0 amide bonds. The lowest BCUT2D eigenvalue weighted by Gasteiger charge is -2.06. The van der Waals surface area contributed by atoms with Crippen molar-refractivity contribution < 1.29 is 13.6 Å². The average molecular weight is 376 g/mol. The third kappa shape index (κ3) is 2.52. The summed E-state index contributed by atoms with van der Waals surface area (Å²) < 4.78 is 28.3.